The lowest BCUT2D eigenvalue weighted by atomic mass is 9.99. The summed E-state index contributed by atoms with van der Waals surface area (Å²) < 4.78 is 10.4. The van der Waals surface area contributed by atoms with Gasteiger partial charge in [-0.25, -0.2) is 0 Å². The Morgan fingerprint density at radius 3 is 2.65 bits per heavy atom. The molecule has 26 heavy (non-hydrogen) atoms. The molecule has 7 heteroatoms. The highest BCUT2D eigenvalue weighted by Crippen LogP contribution is 2.28. The SMILES string of the molecule is COc1ccc(CC(=O)NCC2N=NC(=O)c3ccccc32)cc1OC. The van der Waals surface area contributed by atoms with Crippen molar-refractivity contribution in [2.24, 2.45) is 10.2 Å². The molecule has 0 aliphatic carbocycles. The molecule has 1 unspecified atom stereocenters. The van der Waals surface area contributed by atoms with Crippen LogP contribution in [0, 0.1) is 0 Å². The van der Waals surface area contributed by atoms with Gasteiger partial charge in [-0.1, -0.05) is 24.3 Å². The highest BCUT2D eigenvalue weighted by molar-refractivity contribution is 5.97. The summed E-state index contributed by atoms with van der Waals surface area (Å²) >= 11 is 0. The van der Waals surface area contributed by atoms with Gasteiger partial charge in [0.25, 0.3) is 5.91 Å². The number of carbonyl (C=O) groups excluding carboxylic acids is 2. The maximum absolute atomic E-state index is 12.3. The molecular weight excluding hydrogens is 334 g/mol. The van der Waals surface area contributed by atoms with E-state index in [1.165, 1.54) is 0 Å². The Bertz CT molecular complexity index is 864. The zero-order valence-electron chi connectivity index (χ0n) is 14.6. The molecule has 0 spiro atoms. The van der Waals surface area contributed by atoms with Crippen molar-refractivity contribution in [3.63, 3.8) is 0 Å². The third-order valence-electron chi connectivity index (χ3n) is 4.14. The Labute approximate surface area is 151 Å². The lowest BCUT2D eigenvalue weighted by molar-refractivity contribution is -0.120. The van der Waals surface area contributed by atoms with Crippen molar-refractivity contribution in [2.75, 3.05) is 20.8 Å². The number of rotatable bonds is 6. The first-order chi connectivity index (χ1) is 12.6. The summed E-state index contributed by atoms with van der Waals surface area (Å²) in [4.78, 5) is 24.0. The molecule has 0 radical (unpaired) electrons. The number of carbonyl (C=O) groups is 2. The Hall–Kier alpha value is -3.22. The average Bonchev–Trinajstić information content (AvgIpc) is 2.67. The van der Waals surface area contributed by atoms with Gasteiger partial charge in [0.15, 0.2) is 11.5 Å². The van der Waals surface area contributed by atoms with Gasteiger partial charge in [0.05, 0.1) is 20.6 Å². The van der Waals surface area contributed by atoms with Crippen molar-refractivity contribution in [1.82, 2.24) is 5.32 Å². The smallest absolute Gasteiger partial charge is 0.295 e. The highest BCUT2D eigenvalue weighted by Gasteiger charge is 2.23. The minimum atomic E-state index is -0.363. The third-order valence-corrected chi connectivity index (χ3v) is 4.14. The second kappa shape index (κ2) is 7.77. The van der Waals surface area contributed by atoms with E-state index in [4.69, 9.17) is 9.47 Å². The van der Waals surface area contributed by atoms with E-state index in [9.17, 15) is 9.59 Å². The molecule has 2 amide bonds. The molecule has 1 heterocycles. The van der Waals surface area contributed by atoms with Crippen molar-refractivity contribution in [1.29, 1.82) is 0 Å². The van der Waals surface area contributed by atoms with Crippen molar-refractivity contribution in [2.45, 2.75) is 12.5 Å². The van der Waals surface area contributed by atoms with E-state index < -0.39 is 0 Å². The lowest BCUT2D eigenvalue weighted by Gasteiger charge is -2.18. The lowest BCUT2D eigenvalue weighted by Crippen LogP contribution is -2.30. The number of benzene rings is 2. The van der Waals surface area contributed by atoms with Crippen LogP contribution in [0.1, 0.15) is 27.5 Å². The fourth-order valence-corrected chi connectivity index (χ4v) is 2.82. The quantitative estimate of drug-likeness (QED) is 0.865. The van der Waals surface area contributed by atoms with Gasteiger partial charge < -0.3 is 14.8 Å². The predicted molar refractivity (Wildman–Crippen MR) is 94.6 cm³/mol. The summed E-state index contributed by atoms with van der Waals surface area (Å²) in [5.74, 6) is 0.683. The Kier molecular flexibility index (Phi) is 5.26. The first kappa shape index (κ1) is 17.6. The minimum absolute atomic E-state index is 0.151. The highest BCUT2D eigenvalue weighted by atomic mass is 16.5. The van der Waals surface area contributed by atoms with Crippen LogP contribution in [0.3, 0.4) is 0 Å². The van der Waals surface area contributed by atoms with Gasteiger partial charge in [0.1, 0.15) is 6.04 Å². The van der Waals surface area contributed by atoms with Crippen LogP contribution in [0.2, 0.25) is 0 Å². The van der Waals surface area contributed by atoms with Gasteiger partial charge in [0.2, 0.25) is 5.91 Å². The van der Waals surface area contributed by atoms with Gasteiger partial charge in [-0.05, 0) is 29.3 Å². The number of azo groups is 1. The van der Waals surface area contributed by atoms with Crippen LogP contribution in [-0.2, 0) is 11.2 Å². The van der Waals surface area contributed by atoms with Crippen LogP contribution in [0.5, 0.6) is 11.5 Å². The monoisotopic (exact) mass is 353 g/mol. The van der Waals surface area contributed by atoms with Gasteiger partial charge in [-0.2, -0.15) is 5.11 Å². The third kappa shape index (κ3) is 3.72. The zero-order valence-corrected chi connectivity index (χ0v) is 14.6. The Morgan fingerprint density at radius 2 is 1.88 bits per heavy atom. The average molecular weight is 353 g/mol. The number of ether oxygens (including phenoxy) is 2. The van der Waals surface area contributed by atoms with E-state index in [1.807, 2.05) is 18.2 Å². The molecule has 2 aromatic carbocycles. The molecule has 0 bridgehead atoms. The summed E-state index contributed by atoms with van der Waals surface area (Å²) in [5.41, 5.74) is 2.11. The first-order valence-electron chi connectivity index (χ1n) is 8.14. The molecule has 0 saturated carbocycles. The number of hydrogen-bond acceptors (Lipinski definition) is 5. The number of fused-ring (bicyclic) bond motifs is 1. The molecule has 1 N–H and O–H groups in total. The number of hydrogen-bond donors (Lipinski definition) is 1. The van der Waals surface area contributed by atoms with Crippen LogP contribution < -0.4 is 14.8 Å². The largest absolute Gasteiger partial charge is 0.493 e. The van der Waals surface area contributed by atoms with Gasteiger partial charge >= 0.3 is 0 Å². The molecule has 2 aromatic rings. The van der Waals surface area contributed by atoms with Crippen LogP contribution in [0.4, 0.5) is 0 Å². The fourth-order valence-electron chi connectivity index (χ4n) is 2.82. The number of amides is 2. The van der Waals surface area contributed by atoms with E-state index in [2.05, 4.69) is 15.5 Å². The summed E-state index contributed by atoms with van der Waals surface area (Å²) in [6, 6.07) is 12.2. The second-order valence-corrected chi connectivity index (χ2v) is 5.79. The molecule has 0 aromatic heterocycles. The zero-order chi connectivity index (χ0) is 18.5. The standard InChI is InChI=1S/C19H19N3O4/c1-25-16-8-7-12(9-17(16)26-2)10-18(23)20-11-15-13-5-3-4-6-14(13)19(24)22-21-15/h3-9,15H,10-11H2,1-2H3,(H,20,23). The maximum atomic E-state index is 12.3. The summed E-state index contributed by atoms with van der Waals surface area (Å²) in [5, 5.41) is 10.5. The number of nitrogens with one attached hydrogen (secondary N) is 1. The van der Waals surface area contributed by atoms with Crippen LogP contribution in [-0.4, -0.2) is 32.6 Å². The summed E-state index contributed by atoms with van der Waals surface area (Å²) in [6.07, 6.45) is 0.199. The van der Waals surface area contributed by atoms with Crippen molar-refractivity contribution in [3.8, 4) is 11.5 Å². The van der Waals surface area contributed by atoms with Crippen molar-refractivity contribution < 1.29 is 19.1 Å². The Morgan fingerprint density at radius 1 is 1.12 bits per heavy atom. The van der Waals surface area contributed by atoms with Crippen LogP contribution in [0.25, 0.3) is 0 Å². The normalized spacial score (nSPS) is 15.3. The second-order valence-electron chi connectivity index (χ2n) is 5.79. The van der Waals surface area contributed by atoms with Crippen LogP contribution >= 0.6 is 0 Å². The topological polar surface area (TPSA) is 89.4 Å². The molecule has 0 fully saturated rings. The molecular formula is C19H19N3O4. The van der Waals surface area contributed by atoms with Gasteiger partial charge in [-0.15, -0.1) is 5.11 Å². The van der Waals surface area contributed by atoms with Crippen LogP contribution in [0.15, 0.2) is 52.7 Å². The van der Waals surface area contributed by atoms with Gasteiger partial charge in [-0.3, -0.25) is 9.59 Å². The molecule has 134 valence electrons. The van der Waals surface area contributed by atoms with Gasteiger partial charge in [0, 0.05) is 12.1 Å². The molecule has 1 aliphatic heterocycles. The molecule has 0 saturated heterocycles. The number of methoxy groups -OCH3 is 2. The van der Waals surface area contributed by atoms with E-state index in [-0.39, 0.29) is 30.8 Å². The minimum Gasteiger partial charge on any atom is -0.493 e. The maximum Gasteiger partial charge on any atom is 0.295 e. The molecule has 3 rings (SSSR count). The van der Waals surface area contributed by atoms with E-state index in [0.717, 1.165) is 11.1 Å². The molecule has 7 nitrogen and oxygen atoms in total. The van der Waals surface area contributed by atoms with Crippen molar-refractivity contribution >= 4 is 11.8 Å². The first-order valence-corrected chi connectivity index (χ1v) is 8.14. The Balaban J connectivity index is 1.63. The van der Waals surface area contributed by atoms with E-state index in [1.54, 1.807) is 38.5 Å². The number of nitrogens with zero attached hydrogens (tertiary/aromatic N) is 2. The van der Waals surface area contributed by atoms with E-state index >= 15 is 0 Å². The van der Waals surface area contributed by atoms with Crippen molar-refractivity contribution in [3.05, 3.63) is 59.2 Å². The molecule has 1 aliphatic rings. The predicted octanol–water partition coefficient (Wildman–Crippen LogP) is 2.71. The molecule has 1 atom stereocenters. The summed E-state index contributed by atoms with van der Waals surface area (Å²) in [6.45, 7) is 0.278. The fraction of sp³-hybridized carbons (Fsp3) is 0.263. The van der Waals surface area contributed by atoms with E-state index in [0.29, 0.717) is 17.1 Å². The summed E-state index contributed by atoms with van der Waals surface area (Å²) in [7, 11) is 3.11.